The van der Waals surface area contributed by atoms with E-state index in [4.69, 9.17) is 12.2 Å². The Balaban J connectivity index is 1.34. The van der Waals surface area contributed by atoms with Gasteiger partial charge in [-0.1, -0.05) is 55.5 Å². The maximum atomic E-state index is 5.62. The Kier molecular flexibility index (Phi) is 5.74. The van der Waals surface area contributed by atoms with Gasteiger partial charge in [0.2, 0.25) is 0 Å². The van der Waals surface area contributed by atoms with Crippen LogP contribution in [-0.4, -0.2) is 28.1 Å². The molecule has 4 heteroatoms. The zero-order valence-electron chi connectivity index (χ0n) is 16.0. The maximum absolute atomic E-state index is 5.62. The number of benzene rings is 2. The van der Waals surface area contributed by atoms with Crippen LogP contribution in [0.15, 0.2) is 54.6 Å². The summed E-state index contributed by atoms with van der Waals surface area (Å²) in [6, 6.07) is 21.1. The fourth-order valence-electron chi connectivity index (χ4n) is 4.74. The Bertz CT molecular complexity index is 762. The summed E-state index contributed by atoms with van der Waals surface area (Å²) in [5.74, 6) is 0. The quantitative estimate of drug-likeness (QED) is 0.735. The van der Waals surface area contributed by atoms with E-state index in [1.165, 1.54) is 36.8 Å². The van der Waals surface area contributed by atoms with Gasteiger partial charge in [-0.25, -0.2) is 0 Å². The van der Waals surface area contributed by atoms with Gasteiger partial charge in [-0.05, 0) is 61.5 Å². The molecule has 0 saturated carbocycles. The molecular formula is C23H29N3S. The molecule has 142 valence electrons. The first-order chi connectivity index (χ1) is 13.2. The minimum Gasteiger partial charge on any atom is -0.360 e. The van der Waals surface area contributed by atoms with Gasteiger partial charge in [0, 0.05) is 30.4 Å². The van der Waals surface area contributed by atoms with Gasteiger partial charge >= 0.3 is 0 Å². The topological polar surface area (TPSA) is 27.3 Å². The molecule has 0 unspecified atom stereocenters. The number of nitrogens with one attached hydrogen (secondary N) is 2. The third kappa shape index (κ3) is 4.33. The third-order valence-corrected chi connectivity index (χ3v) is 6.29. The highest BCUT2D eigenvalue weighted by molar-refractivity contribution is 7.80. The molecule has 2 aromatic rings. The van der Waals surface area contributed by atoms with Gasteiger partial charge in [-0.15, -0.1) is 0 Å². The molecule has 2 saturated heterocycles. The lowest BCUT2D eigenvalue weighted by atomic mass is 9.96. The number of para-hydroxylation sites is 1. The molecule has 0 radical (unpaired) electrons. The second-order valence-electron chi connectivity index (χ2n) is 7.82. The van der Waals surface area contributed by atoms with Gasteiger partial charge in [0.25, 0.3) is 0 Å². The summed E-state index contributed by atoms with van der Waals surface area (Å²) in [7, 11) is 0. The lowest BCUT2D eigenvalue weighted by Gasteiger charge is -2.39. The number of rotatable bonds is 5. The predicted molar refractivity (Wildman–Crippen MR) is 117 cm³/mol. The van der Waals surface area contributed by atoms with Crippen LogP contribution < -0.4 is 10.6 Å². The molecule has 2 fully saturated rings. The first kappa shape index (κ1) is 18.5. The number of nitrogens with zero attached hydrogens (tertiary/aromatic N) is 1. The van der Waals surface area contributed by atoms with E-state index in [2.05, 4.69) is 77.1 Å². The normalized spacial score (nSPS) is 24.6. The Labute approximate surface area is 168 Å². The molecule has 0 amide bonds. The lowest BCUT2D eigenvalue weighted by Crippen LogP contribution is -2.50. The molecule has 2 bridgehead atoms. The van der Waals surface area contributed by atoms with Gasteiger partial charge < -0.3 is 10.6 Å². The molecule has 0 aliphatic carbocycles. The monoisotopic (exact) mass is 379 g/mol. The van der Waals surface area contributed by atoms with Crippen molar-refractivity contribution in [2.24, 2.45) is 0 Å². The number of piperidine rings is 1. The fourth-order valence-corrected chi connectivity index (χ4v) is 5.02. The van der Waals surface area contributed by atoms with Crippen LogP contribution in [0.3, 0.4) is 0 Å². The van der Waals surface area contributed by atoms with Crippen LogP contribution in [-0.2, 0) is 13.0 Å². The van der Waals surface area contributed by atoms with Crippen molar-refractivity contribution in [1.82, 2.24) is 10.2 Å². The van der Waals surface area contributed by atoms with Crippen LogP contribution >= 0.6 is 12.2 Å². The smallest absolute Gasteiger partial charge is 0.171 e. The van der Waals surface area contributed by atoms with Crippen molar-refractivity contribution in [2.45, 2.75) is 63.7 Å². The van der Waals surface area contributed by atoms with E-state index in [1.807, 2.05) is 0 Å². The van der Waals surface area contributed by atoms with Gasteiger partial charge in [-0.2, -0.15) is 0 Å². The highest BCUT2D eigenvalue weighted by Crippen LogP contribution is 2.36. The number of aryl methyl sites for hydroxylation is 1. The van der Waals surface area contributed by atoms with Crippen molar-refractivity contribution >= 4 is 23.0 Å². The number of hydrogen-bond donors (Lipinski definition) is 2. The van der Waals surface area contributed by atoms with Crippen LogP contribution in [0.2, 0.25) is 0 Å². The third-order valence-electron chi connectivity index (χ3n) is 6.07. The van der Waals surface area contributed by atoms with E-state index >= 15 is 0 Å². The van der Waals surface area contributed by atoms with Crippen LogP contribution in [0.4, 0.5) is 5.69 Å². The summed E-state index contributed by atoms with van der Waals surface area (Å²) in [6.45, 7) is 3.26. The van der Waals surface area contributed by atoms with E-state index in [-0.39, 0.29) is 0 Å². The van der Waals surface area contributed by atoms with Gasteiger partial charge in [0.15, 0.2) is 5.11 Å². The fraction of sp³-hybridized carbons (Fsp3) is 0.435. The zero-order valence-corrected chi connectivity index (χ0v) is 16.8. The molecule has 0 aromatic heterocycles. The lowest BCUT2D eigenvalue weighted by molar-refractivity contribution is 0.115. The Morgan fingerprint density at radius 3 is 2.37 bits per heavy atom. The summed E-state index contributed by atoms with van der Waals surface area (Å²) >= 11 is 5.62. The van der Waals surface area contributed by atoms with Gasteiger partial charge in [-0.3, -0.25) is 4.90 Å². The average Bonchev–Trinajstić information content (AvgIpc) is 2.91. The molecule has 0 spiro atoms. The van der Waals surface area contributed by atoms with Crippen LogP contribution in [0.1, 0.15) is 43.7 Å². The molecule has 2 aromatic carbocycles. The summed E-state index contributed by atoms with van der Waals surface area (Å²) < 4.78 is 0. The van der Waals surface area contributed by atoms with Crippen LogP contribution in [0, 0.1) is 0 Å². The van der Waals surface area contributed by atoms with Crippen molar-refractivity contribution in [3.8, 4) is 0 Å². The summed E-state index contributed by atoms with van der Waals surface area (Å²) in [5, 5.41) is 7.78. The molecule has 2 aliphatic rings. The van der Waals surface area contributed by atoms with Gasteiger partial charge in [0.05, 0.1) is 0 Å². The second-order valence-corrected chi connectivity index (χ2v) is 8.23. The van der Waals surface area contributed by atoms with Crippen molar-refractivity contribution in [1.29, 1.82) is 0 Å². The summed E-state index contributed by atoms with van der Waals surface area (Å²) in [6.07, 6.45) is 6.00. The number of hydrogen-bond acceptors (Lipinski definition) is 2. The maximum Gasteiger partial charge on any atom is 0.171 e. The molecule has 27 heavy (non-hydrogen) atoms. The molecular weight excluding hydrogens is 350 g/mol. The van der Waals surface area contributed by atoms with Crippen LogP contribution in [0.5, 0.6) is 0 Å². The zero-order chi connectivity index (χ0) is 18.6. The average molecular weight is 380 g/mol. The number of anilines is 1. The first-order valence-electron chi connectivity index (χ1n) is 10.2. The Morgan fingerprint density at radius 2 is 1.67 bits per heavy atom. The van der Waals surface area contributed by atoms with E-state index in [0.717, 1.165) is 23.8 Å². The Hall–Kier alpha value is -1.91. The van der Waals surface area contributed by atoms with Crippen molar-refractivity contribution in [2.75, 3.05) is 5.32 Å². The van der Waals surface area contributed by atoms with Crippen molar-refractivity contribution in [3.63, 3.8) is 0 Å². The molecule has 3 nitrogen and oxygen atoms in total. The van der Waals surface area contributed by atoms with Crippen molar-refractivity contribution in [3.05, 3.63) is 65.7 Å². The van der Waals surface area contributed by atoms with Crippen molar-refractivity contribution < 1.29 is 0 Å². The van der Waals surface area contributed by atoms with Crippen LogP contribution in [0.25, 0.3) is 0 Å². The van der Waals surface area contributed by atoms with E-state index in [0.29, 0.717) is 18.1 Å². The first-order valence-corrected chi connectivity index (χ1v) is 10.6. The summed E-state index contributed by atoms with van der Waals surface area (Å²) in [5.41, 5.74) is 3.86. The van der Waals surface area contributed by atoms with E-state index in [9.17, 15) is 0 Å². The number of thiocarbonyl (C=S) groups is 1. The molecule has 2 N–H and O–H groups in total. The summed E-state index contributed by atoms with van der Waals surface area (Å²) in [4.78, 5) is 2.72. The highest BCUT2D eigenvalue weighted by atomic mass is 32.1. The largest absolute Gasteiger partial charge is 0.360 e. The Morgan fingerprint density at radius 1 is 1.00 bits per heavy atom. The molecule has 2 aliphatic heterocycles. The number of fused-ring (bicyclic) bond motifs is 2. The molecule has 2 atom stereocenters. The van der Waals surface area contributed by atoms with E-state index < -0.39 is 0 Å². The molecule has 2 heterocycles. The predicted octanol–water partition coefficient (Wildman–Crippen LogP) is 4.73. The van der Waals surface area contributed by atoms with E-state index in [1.54, 1.807) is 0 Å². The molecule has 4 rings (SSSR count). The van der Waals surface area contributed by atoms with Gasteiger partial charge in [0.1, 0.15) is 0 Å². The minimum absolute atomic E-state index is 0.475. The highest BCUT2D eigenvalue weighted by Gasteiger charge is 2.40. The SMILES string of the molecule is CCc1ccccc1NC(=S)NC1C[C@H]2CC[C@H](C1)N2Cc1ccccc1. The standard InChI is InChI=1S/C23H29N3S/c1-2-18-10-6-7-11-22(18)25-23(27)24-19-14-20-12-13-21(15-19)26(20)16-17-8-4-3-5-9-17/h3-11,19-21H,2,12-16H2,1H3,(H2,24,25,27)/t20-,21-/m1/s1. The minimum atomic E-state index is 0.475. The second kappa shape index (κ2) is 8.41.